The molecule has 0 unspecified atom stereocenters. The highest BCUT2D eigenvalue weighted by molar-refractivity contribution is 5.15. The molecule has 2 heteroatoms. The Balaban J connectivity index is 2.78. The van der Waals surface area contributed by atoms with Crippen molar-refractivity contribution in [3.8, 4) is 0 Å². The summed E-state index contributed by atoms with van der Waals surface area (Å²) in [6.07, 6.45) is 8.02. The molecule has 1 aliphatic rings. The van der Waals surface area contributed by atoms with E-state index < -0.39 is 5.79 Å². The van der Waals surface area contributed by atoms with E-state index in [1.54, 1.807) is 14.2 Å². The number of methoxy groups -OCH3 is 2. The van der Waals surface area contributed by atoms with Crippen LogP contribution in [0.3, 0.4) is 0 Å². The summed E-state index contributed by atoms with van der Waals surface area (Å²) in [5, 5.41) is 0. The molecule has 0 aliphatic heterocycles. The van der Waals surface area contributed by atoms with Crippen molar-refractivity contribution in [2.45, 2.75) is 44.8 Å². The number of ether oxygens (including phenoxy) is 2. The molecule has 1 aliphatic carbocycles. The van der Waals surface area contributed by atoms with E-state index in [1.165, 1.54) is 24.8 Å². The van der Waals surface area contributed by atoms with Crippen LogP contribution >= 0.6 is 0 Å². The predicted molar refractivity (Wildman–Crippen MR) is 53.6 cm³/mol. The van der Waals surface area contributed by atoms with Gasteiger partial charge in [-0.3, -0.25) is 0 Å². The van der Waals surface area contributed by atoms with Gasteiger partial charge in [-0.15, -0.1) is 0 Å². The van der Waals surface area contributed by atoms with Gasteiger partial charge in [-0.2, -0.15) is 0 Å². The Kier molecular flexibility index (Phi) is 3.94. The third-order valence-electron chi connectivity index (χ3n) is 2.91. The molecule has 0 bridgehead atoms. The Morgan fingerprint density at radius 3 is 2.38 bits per heavy atom. The topological polar surface area (TPSA) is 18.5 Å². The molecule has 0 spiro atoms. The Hall–Kier alpha value is -0.340. The Morgan fingerprint density at radius 1 is 1.31 bits per heavy atom. The van der Waals surface area contributed by atoms with Crippen LogP contribution in [-0.4, -0.2) is 20.0 Å². The summed E-state index contributed by atoms with van der Waals surface area (Å²) in [6, 6.07) is 0. The minimum atomic E-state index is -0.444. The van der Waals surface area contributed by atoms with Crippen LogP contribution in [0.2, 0.25) is 0 Å². The average Bonchev–Trinajstić information content (AvgIpc) is 2.23. The summed E-state index contributed by atoms with van der Waals surface area (Å²) in [5.41, 5.74) is 1.33. The molecule has 76 valence electrons. The Bertz CT molecular complexity index is 172. The summed E-state index contributed by atoms with van der Waals surface area (Å²) < 4.78 is 11.0. The average molecular weight is 184 g/mol. The summed E-state index contributed by atoms with van der Waals surface area (Å²) in [7, 11) is 3.45. The van der Waals surface area contributed by atoms with E-state index in [0.29, 0.717) is 0 Å². The van der Waals surface area contributed by atoms with Gasteiger partial charge < -0.3 is 9.47 Å². The molecular weight excluding hydrogens is 164 g/mol. The van der Waals surface area contributed by atoms with Crippen molar-refractivity contribution < 1.29 is 9.47 Å². The summed E-state index contributed by atoms with van der Waals surface area (Å²) in [4.78, 5) is 0. The SMILES string of the molecule is CCC(OC)(OC)C1=CCCCC1. The van der Waals surface area contributed by atoms with E-state index >= 15 is 0 Å². The van der Waals surface area contributed by atoms with Crippen LogP contribution in [0.25, 0.3) is 0 Å². The van der Waals surface area contributed by atoms with Crippen LogP contribution in [0, 0.1) is 0 Å². The highest BCUT2D eigenvalue weighted by atomic mass is 16.7. The van der Waals surface area contributed by atoms with Crippen molar-refractivity contribution in [1.82, 2.24) is 0 Å². The van der Waals surface area contributed by atoms with Gasteiger partial charge in [-0.25, -0.2) is 0 Å². The van der Waals surface area contributed by atoms with Gasteiger partial charge in [0.15, 0.2) is 5.79 Å². The fourth-order valence-corrected chi connectivity index (χ4v) is 2.05. The van der Waals surface area contributed by atoms with Crippen LogP contribution in [-0.2, 0) is 9.47 Å². The number of allylic oxidation sites excluding steroid dienone is 1. The van der Waals surface area contributed by atoms with E-state index in [4.69, 9.17) is 9.47 Å². The van der Waals surface area contributed by atoms with Gasteiger partial charge in [-0.1, -0.05) is 13.0 Å². The number of hydrogen-bond donors (Lipinski definition) is 0. The molecule has 0 aromatic rings. The maximum absolute atomic E-state index is 5.49. The van der Waals surface area contributed by atoms with Crippen LogP contribution in [0.4, 0.5) is 0 Å². The molecule has 2 nitrogen and oxygen atoms in total. The minimum absolute atomic E-state index is 0.444. The molecule has 0 heterocycles. The molecule has 0 saturated carbocycles. The zero-order valence-corrected chi connectivity index (χ0v) is 8.93. The van der Waals surface area contributed by atoms with Gasteiger partial charge in [0.2, 0.25) is 0 Å². The molecule has 0 radical (unpaired) electrons. The lowest BCUT2D eigenvalue weighted by Gasteiger charge is -2.34. The predicted octanol–water partition coefficient (Wildman–Crippen LogP) is 2.89. The molecule has 0 amide bonds. The summed E-state index contributed by atoms with van der Waals surface area (Å²) in [5.74, 6) is -0.444. The lowest BCUT2D eigenvalue weighted by Crippen LogP contribution is -2.35. The first-order chi connectivity index (χ1) is 6.29. The molecule has 0 N–H and O–H groups in total. The van der Waals surface area contributed by atoms with Crippen LogP contribution < -0.4 is 0 Å². The Labute approximate surface area is 80.9 Å². The molecule has 0 atom stereocenters. The normalized spacial score (nSPS) is 18.5. The summed E-state index contributed by atoms with van der Waals surface area (Å²) in [6.45, 7) is 2.10. The van der Waals surface area contributed by atoms with Crippen molar-refractivity contribution in [1.29, 1.82) is 0 Å². The van der Waals surface area contributed by atoms with Crippen molar-refractivity contribution >= 4 is 0 Å². The van der Waals surface area contributed by atoms with Crippen LogP contribution in [0.5, 0.6) is 0 Å². The standard InChI is InChI=1S/C11H20O2/c1-4-11(12-2,13-3)10-8-6-5-7-9-10/h8H,4-7,9H2,1-3H3. The van der Waals surface area contributed by atoms with E-state index in [2.05, 4.69) is 13.0 Å². The van der Waals surface area contributed by atoms with E-state index in [1.807, 2.05) is 0 Å². The second kappa shape index (κ2) is 4.77. The number of rotatable bonds is 4. The monoisotopic (exact) mass is 184 g/mol. The molecule has 0 saturated heterocycles. The summed E-state index contributed by atoms with van der Waals surface area (Å²) >= 11 is 0. The highest BCUT2D eigenvalue weighted by Gasteiger charge is 2.32. The first-order valence-electron chi connectivity index (χ1n) is 5.09. The maximum Gasteiger partial charge on any atom is 0.189 e. The minimum Gasteiger partial charge on any atom is -0.349 e. The largest absolute Gasteiger partial charge is 0.349 e. The fourth-order valence-electron chi connectivity index (χ4n) is 2.05. The first-order valence-corrected chi connectivity index (χ1v) is 5.09. The second-order valence-electron chi connectivity index (χ2n) is 3.49. The van der Waals surface area contributed by atoms with Crippen molar-refractivity contribution in [2.24, 2.45) is 0 Å². The Morgan fingerprint density at radius 2 is 2.00 bits per heavy atom. The van der Waals surface area contributed by atoms with E-state index in [-0.39, 0.29) is 0 Å². The maximum atomic E-state index is 5.49. The molecule has 13 heavy (non-hydrogen) atoms. The first kappa shape index (κ1) is 10.7. The molecule has 0 aromatic carbocycles. The lowest BCUT2D eigenvalue weighted by molar-refractivity contribution is -0.182. The molecule has 0 aromatic heterocycles. The molecular formula is C11H20O2. The van der Waals surface area contributed by atoms with Crippen molar-refractivity contribution in [2.75, 3.05) is 14.2 Å². The fraction of sp³-hybridized carbons (Fsp3) is 0.818. The third kappa shape index (κ3) is 2.12. The third-order valence-corrected chi connectivity index (χ3v) is 2.91. The van der Waals surface area contributed by atoms with Crippen molar-refractivity contribution in [3.63, 3.8) is 0 Å². The van der Waals surface area contributed by atoms with E-state index in [0.717, 1.165) is 12.8 Å². The van der Waals surface area contributed by atoms with E-state index in [9.17, 15) is 0 Å². The number of hydrogen-bond acceptors (Lipinski definition) is 2. The van der Waals surface area contributed by atoms with Gasteiger partial charge >= 0.3 is 0 Å². The lowest BCUT2D eigenvalue weighted by atomic mass is 9.91. The van der Waals surface area contributed by atoms with Gasteiger partial charge in [0.25, 0.3) is 0 Å². The quantitative estimate of drug-likeness (QED) is 0.494. The molecule has 0 fully saturated rings. The van der Waals surface area contributed by atoms with Gasteiger partial charge in [0, 0.05) is 20.6 Å². The zero-order valence-electron chi connectivity index (χ0n) is 8.93. The smallest absolute Gasteiger partial charge is 0.189 e. The highest BCUT2D eigenvalue weighted by Crippen LogP contribution is 2.32. The van der Waals surface area contributed by atoms with Crippen molar-refractivity contribution in [3.05, 3.63) is 11.6 Å². The van der Waals surface area contributed by atoms with Crippen LogP contribution in [0.1, 0.15) is 39.0 Å². The van der Waals surface area contributed by atoms with Gasteiger partial charge in [0.1, 0.15) is 0 Å². The molecule has 1 rings (SSSR count). The zero-order chi connectivity index (χ0) is 9.73. The van der Waals surface area contributed by atoms with Crippen LogP contribution in [0.15, 0.2) is 11.6 Å². The van der Waals surface area contributed by atoms with Gasteiger partial charge in [-0.05, 0) is 31.3 Å². The van der Waals surface area contributed by atoms with Gasteiger partial charge in [0.05, 0.1) is 0 Å². The second-order valence-corrected chi connectivity index (χ2v) is 3.49.